The van der Waals surface area contributed by atoms with Crippen molar-refractivity contribution >= 4 is 11.6 Å². The highest BCUT2D eigenvalue weighted by molar-refractivity contribution is 5.81. The van der Waals surface area contributed by atoms with Crippen LogP contribution in [-0.4, -0.2) is 25.0 Å². The third-order valence-electron chi connectivity index (χ3n) is 4.50. The molecule has 1 N–H and O–H groups in total. The number of piperidine rings is 1. The SMILES string of the molecule is CCC1CC(NC(=O)C(C)(C)C)CN(c2cccc(C)c2)C1. The number of carbonyl (C=O) groups excluding carboxylic acids is 1. The Hall–Kier alpha value is -1.51. The zero-order chi connectivity index (χ0) is 16.3. The maximum absolute atomic E-state index is 12.3. The summed E-state index contributed by atoms with van der Waals surface area (Å²) in [5, 5.41) is 3.26. The molecular weight excluding hydrogens is 272 g/mol. The quantitative estimate of drug-likeness (QED) is 0.922. The number of amides is 1. The fourth-order valence-electron chi connectivity index (χ4n) is 3.04. The van der Waals surface area contributed by atoms with E-state index >= 15 is 0 Å². The maximum Gasteiger partial charge on any atom is 0.225 e. The highest BCUT2D eigenvalue weighted by atomic mass is 16.2. The van der Waals surface area contributed by atoms with E-state index < -0.39 is 0 Å². The highest BCUT2D eigenvalue weighted by Gasteiger charge is 2.30. The van der Waals surface area contributed by atoms with E-state index in [9.17, 15) is 4.79 Å². The lowest BCUT2D eigenvalue weighted by atomic mass is 9.89. The molecule has 1 aromatic rings. The van der Waals surface area contributed by atoms with Crippen LogP contribution >= 0.6 is 0 Å². The molecule has 0 aliphatic carbocycles. The van der Waals surface area contributed by atoms with Gasteiger partial charge in [-0.3, -0.25) is 4.79 Å². The zero-order valence-corrected chi connectivity index (χ0v) is 14.6. The zero-order valence-electron chi connectivity index (χ0n) is 14.6. The lowest BCUT2D eigenvalue weighted by molar-refractivity contribution is -0.129. The second kappa shape index (κ2) is 6.72. The largest absolute Gasteiger partial charge is 0.369 e. The van der Waals surface area contributed by atoms with E-state index in [1.165, 1.54) is 11.3 Å². The molecule has 1 heterocycles. The van der Waals surface area contributed by atoms with Crippen LogP contribution in [0, 0.1) is 18.3 Å². The van der Waals surface area contributed by atoms with Crippen molar-refractivity contribution in [2.75, 3.05) is 18.0 Å². The van der Waals surface area contributed by atoms with Gasteiger partial charge in [-0.05, 0) is 37.0 Å². The number of anilines is 1. The van der Waals surface area contributed by atoms with Crippen LogP contribution in [0.3, 0.4) is 0 Å². The summed E-state index contributed by atoms with van der Waals surface area (Å²) in [6.45, 7) is 12.3. The molecule has 0 radical (unpaired) electrons. The standard InChI is InChI=1S/C19H30N2O/c1-6-15-11-16(20-18(22)19(3,4)5)13-21(12-15)17-9-7-8-14(2)10-17/h7-10,15-16H,6,11-13H2,1-5H3,(H,20,22). The first-order chi connectivity index (χ1) is 10.3. The Morgan fingerprint density at radius 3 is 2.64 bits per heavy atom. The Morgan fingerprint density at radius 2 is 2.05 bits per heavy atom. The fourth-order valence-corrected chi connectivity index (χ4v) is 3.04. The van der Waals surface area contributed by atoms with Gasteiger partial charge in [-0.1, -0.05) is 46.2 Å². The van der Waals surface area contributed by atoms with Crippen LogP contribution in [-0.2, 0) is 4.79 Å². The number of aryl methyl sites for hydroxylation is 1. The van der Waals surface area contributed by atoms with E-state index in [4.69, 9.17) is 0 Å². The molecule has 0 saturated carbocycles. The number of carbonyl (C=O) groups is 1. The van der Waals surface area contributed by atoms with Crippen molar-refractivity contribution < 1.29 is 4.79 Å². The van der Waals surface area contributed by atoms with Gasteiger partial charge in [-0.15, -0.1) is 0 Å². The van der Waals surface area contributed by atoms with Crippen molar-refractivity contribution in [3.63, 3.8) is 0 Å². The molecular formula is C19H30N2O. The van der Waals surface area contributed by atoms with Gasteiger partial charge in [0, 0.05) is 30.2 Å². The van der Waals surface area contributed by atoms with Gasteiger partial charge in [0.05, 0.1) is 0 Å². The summed E-state index contributed by atoms with van der Waals surface area (Å²) in [5.41, 5.74) is 2.23. The first-order valence-electron chi connectivity index (χ1n) is 8.42. The molecule has 1 aromatic carbocycles. The third-order valence-corrected chi connectivity index (χ3v) is 4.50. The Bertz CT molecular complexity index is 518. The first kappa shape index (κ1) is 16.9. The molecule has 1 saturated heterocycles. The third kappa shape index (κ3) is 4.25. The Balaban J connectivity index is 2.11. The summed E-state index contributed by atoms with van der Waals surface area (Å²) in [5.74, 6) is 0.790. The van der Waals surface area contributed by atoms with Gasteiger partial charge in [-0.2, -0.15) is 0 Å². The number of hydrogen-bond donors (Lipinski definition) is 1. The van der Waals surface area contributed by atoms with E-state index in [0.717, 1.165) is 25.9 Å². The summed E-state index contributed by atoms with van der Waals surface area (Å²) < 4.78 is 0. The second-order valence-electron chi connectivity index (χ2n) is 7.67. The first-order valence-corrected chi connectivity index (χ1v) is 8.42. The predicted octanol–water partition coefficient (Wildman–Crippen LogP) is 3.76. The minimum atomic E-state index is -0.326. The average Bonchev–Trinajstić information content (AvgIpc) is 2.46. The van der Waals surface area contributed by atoms with Crippen LogP contribution < -0.4 is 10.2 Å². The Labute approximate surface area is 135 Å². The maximum atomic E-state index is 12.3. The normalized spacial score (nSPS) is 22.5. The molecule has 1 aliphatic rings. The molecule has 22 heavy (non-hydrogen) atoms. The summed E-state index contributed by atoms with van der Waals surface area (Å²) >= 11 is 0. The molecule has 0 bridgehead atoms. The minimum absolute atomic E-state index is 0.151. The predicted molar refractivity (Wildman–Crippen MR) is 93.2 cm³/mol. The van der Waals surface area contributed by atoms with Crippen molar-refractivity contribution in [3.05, 3.63) is 29.8 Å². The van der Waals surface area contributed by atoms with Crippen LogP contribution in [0.1, 0.15) is 46.1 Å². The van der Waals surface area contributed by atoms with Gasteiger partial charge in [0.25, 0.3) is 0 Å². The van der Waals surface area contributed by atoms with E-state index in [1.54, 1.807) is 0 Å². The van der Waals surface area contributed by atoms with Crippen LogP contribution in [0.5, 0.6) is 0 Å². The smallest absolute Gasteiger partial charge is 0.225 e. The topological polar surface area (TPSA) is 32.3 Å². The summed E-state index contributed by atoms with van der Waals surface area (Å²) in [6.07, 6.45) is 2.24. The van der Waals surface area contributed by atoms with Gasteiger partial charge in [0.1, 0.15) is 0 Å². The minimum Gasteiger partial charge on any atom is -0.369 e. The molecule has 3 heteroatoms. The van der Waals surface area contributed by atoms with Gasteiger partial charge in [-0.25, -0.2) is 0 Å². The van der Waals surface area contributed by atoms with Crippen molar-refractivity contribution in [1.29, 1.82) is 0 Å². The van der Waals surface area contributed by atoms with Crippen molar-refractivity contribution in [1.82, 2.24) is 5.32 Å². The number of benzene rings is 1. The van der Waals surface area contributed by atoms with Crippen molar-refractivity contribution in [2.45, 2.75) is 53.5 Å². The van der Waals surface area contributed by atoms with Gasteiger partial charge < -0.3 is 10.2 Å². The molecule has 2 rings (SSSR count). The average molecular weight is 302 g/mol. The van der Waals surface area contributed by atoms with Gasteiger partial charge >= 0.3 is 0 Å². The molecule has 1 amide bonds. The molecule has 3 nitrogen and oxygen atoms in total. The molecule has 0 aromatic heterocycles. The van der Waals surface area contributed by atoms with Gasteiger partial charge in [0.2, 0.25) is 5.91 Å². The van der Waals surface area contributed by atoms with E-state index in [2.05, 4.69) is 48.3 Å². The second-order valence-corrected chi connectivity index (χ2v) is 7.67. The van der Waals surface area contributed by atoms with Crippen LogP contribution in [0.15, 0.2) is 24.3 Å². The number of nitrogens with one attached hydrogen (secondary N) is 1. The Kier molecular flexibility index (Phi) is 5.15. The number of rotatable bonds is 3. The lowest BCUT2D eigenvalue weighted by Gasteiger charge is -2.40. The number of nitrogens with zero attached hydrogens (tertiary/aromatic N) is 1. The molecule has 2 atom stereocenters. The number of hydrogen-bond acceptors (Lipinski definition) is 2. The fraction of sp³-hybridized carbons (Fsp3) is 0.632. The lowest BCUT2D eigenvalue weighted by Crippen LogP contribution is -2.53. The molecule has 0 spiro atoms. The van der Waals surface area contributed by atoms with Crippen LogP contribution in [0.4, 0.5) is 5.69 Å². The van der Waals surface area contributed by atoms with E-state index in [1.807, 2.05) is 20.8 Å². The molecule has 1 fully saturated rings. The molecule has 122 valence electrons. The van der Waals surface area contributed by atoms with Crippen molar-refractivity contribution in [3.8, 4) is 0 Å². The molecule has 1 aliphatic heterocycles. The summed E-state index contributed by atoms with van der Waals surface area (Å²) in [7, 11) is 0. The monoisotopic (exact) mass is 302 g/mol. The summed E-state index contributed by atoms with van der Waals surface area (Å²) in [6, 6.07) is 8.90. The van der Waals surface area contributed by atoms with Crippen LogP contribution in [0.25, 0.3) is 0 Å². The summed E-state index contributed by atoms with van der Waals surface area (Å²) in [4.78, 5) is 14.7. The molecule has 2 unspecified atom stereocenters. The van der Waals surface area contributed by atoms with Crippen molar-refractivity contribution in [2.24, 2.45) is 11.3 Å². The van der Waals surface area contributed by atoms with Gasteiger partial charge in [0.15, 0.2) is 0 Å². The van der Waals surface area contributed by atoms with E-state index in [0.29, 0.717) is 5.92 Å². The Morgan fingerprint density at radius 1 is 1.32 bits per heavy atom. The van der Waals surface area contributed by atoms with Crippen LogP contribution in [0.2, 0.25) is 0 Å². The van der Waals surface area contributed by atoms with E-state index in [-0.39, 0.29) is 17.4 Å². The highest BCUT2D eigenvalue weighted by Crippen LogP contribution is 2.26.